The molecule has 1 aromatic rings. The van der Waals surface area contributed by atoms with Crippen LogP contribution in [0.4, 0.5) is 0 Å². The van der Waals surface area contributed by atoms with Crippen LogP contribution in [0.5, 0.6) is 0 Å². The van der Waals surface area contributed by atoms with E-state index in [1.807, 2.05) is 43.1 Å². The Morgan fingerprint density at radius 3 is 2.75 bits per heavy atom. The zero-order chi connectivity index (χ0) is 23.6. The van der Waals surface area contributed by atoms with E-state index < -0.39 is 0 Å². The first-order valence-corrected chi connectivity index (χ1v) is 12.8. The van der Waals surface area contributed by atoms with Gasteiger partial charge in [0.2, 0.25) is 0 Å². The van der Waals surface area contributed by atoms with Crippen LogP contribution in [-0.2, 0) is 0 Å². The highest BCUT2D eigenvalue weighted by Gasteiger charge is 2.21. The number of piperidine rings is 1. The SMILES string of the molecule is C/C=N\N(CNCC1CCCN(CCC(C)(C)C)C1)C(=C/Br)/N=C(\C)c1ccccc1Cl. The molecule has 0 bridgehead atoms. The van der Waals surface area contributed by atoms with Crippen molar-refractivity contribution in [3.8, 4) is 0 Å². The Kier molecular flexibility index (Phi) is 11.4. The lowest BCUT2D eigenvalue weighted by Crippen LogP contribution is -2.42. The molecule has 0 radical (unpaired) electrons. The van der Waals surface area contributed by atoms with Crippen molar-refractivity contribution in [3.05, 3.63) is 45.7 Å². The minimum Gasteiger partial charge on any atom is -0.303 e. The van der Waals surface area contributed by atoms with Gasteiger partial charge in [-0.3, -0.25) is 5.32 Å². The van der Waals surface area contributed by atoms with Crippen molar-refractivity contribution in [2.75, 3.05) is 32.8 Å². The fourth-order valence-electron chi connectivity index (χ4n) is 3.83. The van der Waals surface area contributed by atoms with Crippen molar-refractivity contribution in [2.24, 2.45) is 21.4 Å². The van der Waals surface area contributed by atoms with Crippen LogP contribution in [-0.4, -0.2) is 54.7 Å². The molecular formula is C25H39BrClN5. The maximum atomic E-state index is 6.34. The van der Waals surface area contributed by atoms with E-state index in [9.17, 15) is 0 Å². The van der Waals surface area contributed by atoms with Crippen molar-refractivity contribution < 1.29 is 0 Å². The summed E-state index contributed by atoms with van der Waals surface area (Å²) in [6, 6.07) is 7.75. The monoisotopic (exact) mass is 523 g/mol. The summed E-state index contributed by atoms with van der Waals surface area (Å²) in [5.41, 5.74) is 2.16. The first-order chi connectivity index (χ1) is 15.2. The first kappa shape index (κ1) is 27.0. The molecule has 1 heterocycles. The molecule has 1 saturated heterocycles. The van der Waals surface area contributed by atoms with Gasteiger partial charge in [0.1, 0.15) is 0 Å². The quantitative estimate of drug-likeness (QED) is 0.220. The van der Waals surface area contributed by atoms with Gasteiger partial charge in [0.15, 0.2) is 5.82 Å². The average Bonchev–Trinajstić information content (AvgIpc) is 2.75. The van der Waals surface area contributed by atoms with Crippen LogP contribution in [0.3, 0.4) is 0 Å². The number of rotatable bonds is 10. The van der Waals surface area contributed by atoms with Gasteiger partial charge in [-0.15, -0.1) is 0 Å². The Morgan fingerprint density at radius 2 is 2.09 bits per heavy atom. The smallest absolute Gasteiger partial charge is 0.157 e. The third-order valence-corrected chi connectivity index (χ3v) is 6.38. The highest BCUT2D eigenvalue weighted by atomic mass is 79.9. The number of nitrogens with one attached hydrogen (secondary N) is 1. The molecule has 1 fully saturated rings. The molecule has 0 amide bonds. The maximum absolute atomic E-state index is 6.34. The van der Waals surface area contributed by atoms with Crippen molar-refractivity contribution in [3.63, 3.8) is 0 Å². The van der Waals surface area contributed by atoms with Crippen LogP contribution < -0.4 is 5.32 Å². The predicted octanol–water partition coefficient (Wildman–Crippen LogP) is 6.35. The third-order valence-electron chi connectivity index (χ3n) is 5.64. The zero-order valence-electron chi connectivity index (χ0n) is 20.2. The number of aliphatic imine (C=N–C) groups is 1. The molecule has 32 heavy (non-hydrogen) atoms. The highest BCUT2D eigenvalue weighted by Crippen LogP contribution is 2.22. The second-order valence-corrected chi connectivity index (χ2v) is 10.5. The summed E-state index contributed by atoms with van der Waals surface area (Å²) in [6.45, 7) is 16.0. The second-order valence-electron chi connectivity index (χ2n) is 9.65. The summed E-state index contributed by atoms with van der Waals surface area (Å²) in [7, 11) is 0. The lowest BCUT2D eigenvalue weighted by molar-refractivity contribution is 0.150. The van der Waals surface area contributed by atoms with E-state index in [0.29, 0.717) is 23.0 Å². The summed E-state index contributed by atoms with van der Waals surface area (Å²) < 4.78 is 0. The lowest BCUT2D eigenvalue weighted by Gasteiger charge is -2.34. The molecule has 1 atom stereocenters. The van der Waals surface area contributed by atoms with Crippen molar-refractivity contribution in [1.29, 1.82) is 0 Å². The van der Waals surface area contributed by atoms with Gasteiger partial charge in [0.05, 0.1) is 6.67 Å². The summed E-state index contributed by atoms with van der Waals surface area (Å²) in [6.07, 6.45) is 5.59. The Hall–Kier alpha value is -1.21. The summed E-state index contributed by atoms with van der Waals surface area (Å²) in [4.78, 5) is 9.21. The van der Waals surface area contributed by atoms with E-state index in [-0.39, 0.29) is 0 Å². The molecule has 1 unspecified atom stereocenters. The van der Waals surface area contributed by atoms with Gasteiger partial charge < -0.3 is 4.90 Å². The largest absolute Gasteiger partial charge is 0.303 e. The first-order valence-electron chi connectivity index (χ1n) is 11.5. The fourth-order valence-corrected chi connectivity index (χ4v) is 4.45. The second kappa shape index (κ2) is 13.5. The number of halogens is 2. The zero-order valence-corrected chi connectivity index (χ0v) is 22.6. The standard InChI is InChI=1S/C25H39BrClN5/c1-6-29-32(24(16-26)30-20(2)22-11-7-8-12-23(22)27)19-28-17-21-10-9-14-31(18-21)15-13-25(3,4)5/h6-8,11-12,16,21,28H,9-10,13-15,17-19H2,1-5H3/b24-16+,29-6-,30-20+. The number of hydrogen-bond acceptors (Lipinski definition) is 5. The van der Waals surface area contributed by atoms with E-state index in [1.165, 1.54) is 38.9 Å². The summed E-state index contributed by atoms with van der Waals surface area (Å²) in [5, 5.41) is 10.7. The molecule has 0 aromatic heterocycles. The summed E-state index contributed by atoms with van der Waals surface area (Å²) in [5.74, 6) is 1.39. The van der Waals surface area contributed by atoms with Crippen LogP contribution in [0.2, 0.25) is 5.02 Å². The van der Waals surface area contributed by atoms with E-state index >= 15 is 0 Å². The molecule has 1 aromatic carbocycles. The van der Waals surface area contributed by atoms with Crippen molar-refractivity contribution in [1.82, 2.24) is 15.2 Å². The van der Waals surface area contributed by atoms with Crippen LogP contribution >= 0.6 is 27.5 Å². The Balaban J connectivity index is 1.93. The molecule has 1 aliphatic heterocycles. The molecule has 0 spiro atoms. The Bertz CT molecular complexity index is 800. The predicted molar refractivity (Wildman–Crippen MR) is 143 cm³/mol. The number of nitrogens with zero attached hydrogens (tertiary/aromatic N) is 4. The van der Waals surface area contributed by atoms with E-state index in [4.69, 9.17) is 16.6 Å². The number of benzene rings is 1. The van der Waals surface area contributed by atoms with Gasteiger partial charge in [-0.2, -0.15) is 5.10 Å². The minimum atomic E-state index is 0.394. The summed E-state index contributed by atoms with van der Waals surface area (Å²) >= 11 is 9.81. The topological polar surface area (TPSA) is 43.2 Å². The normalized spacial score (nSPS) is 19.0. The van der Waals surface area contributed by atoms with Gasteiger partial charge in [-0.05, 0) is 63.6 Å². The van der Waals surface area contributed by atoms with Gasteiger partial charge in [0.25, 0.3) is 0 Å². The van der Waals surface area contributed by atoms with Gasteiger partial charge in [-0.1, -0.05) is 66.5 Å². The van der Waals surface area contributed by atoms with E-state index in [2.05, 4.69) is 52.0 Å². The third kappa shape index (κ3) is 9.34. The van der Waals surface area contributed by atoms with Crippen LogP contribution in [0.25, 0.3) is 0 Å². The van der Waals surface area contributed by atoms with Crippen molar-refractivity contribution in [2.45, 2.75) is 53.9 Å². The van der Waals surface area contributed by atoms with Gasteiger partial charge in [0, 0.05) is 40.6 Å². The Morgan fingerprint density at radius 1 is 1.34 bits per heavy atom. The molecule has 0 saturated carbocycles. The van der Waals surface area contributed by atoms with Crippen LogP contribution in [0.1, 0.15) is 59.4 Å². The highest BCUT2D eigenvalue weighted by molar-refractivity contribution is 9.11. The molecule has 7 heteroatoms. The number of hydrogen-bond donors (Lipinski definition) is 1. The Labute approximate surface area is 208 Å². The molecule has 5 nitrogen and oxygen atoms in total. The van der Waals surface area contributed by atoms with Crippen LogP contribution in [0, 0.1) is 11.3 Å². The molecule has 2 rings (SSSR count). The van der Waals surface area contributed by atoms with E-state index in [1.54, 1.807) is 11.2 Å². The fraction of sp³-hybridized carbons (Fsp3) is 0.600. The minimum absolute atomic E-state index is 0.394. The molecule has 0 aliphatic carbocycles. The van der Waals surface area contributed by atoms with Crippen molar-refractivity contribution >= 4 is 39.5 Å². The number of likely N-dealkylation sites (tertiary alicyclic amines) is 1. The lowest BCUT2D eigenvalue weighted by atomic mass is 9.91. The average molecular weight is 525 g/mol. The molecule has 1 N–H and O–H groups in total. The van der Waals surface area contributed by atoms with Gasteiger partial charge >= 0.3 is 0 Å². The van der Waals surface area contributed by atoms with Crippen LogP contribution in [0.15, 0.2) is 45.2 Å². The molecular weight excluding hydrogens is 486 g/mol. The maximum Gasteiger partial charge on any atom is 0.157 e. The van der Waals surface area contributed by atoms with Gasteiger partial charge in [-0.25, -0.2) is 10.0 Å². The number of hydrazone groups is 1. The molecule has 1 aliphatic rings. The van der Waals surface area contributed by atoms with E-state index in [0.717, 1.165) is 23.6 Å². The molecule has 178 valence electrons.